The zero-order valence-corrected chi connectivity index (χ0v) is 13.3. The summed E-state index contributed by atoms with van der Waals surface area (Å²) in [4.78, 5) is 10.8. The van der Waals surface area contributed by atoms with Crippen LogP contribution in [-0.2, 0) is 18.0 Å². The zero-order valence-electron chi connectivity index (χ0n) is 12.5. The van der Waals surface area contributed by atoms with Gasteiger partial charge < -0.3 is 18.9 Å². The normalized spacial score (nSPS) is 13.0. The number of carbonyl (C=O) groups is 1. The van der Waals surface area contributed by atoms with E-state index in [-0.39, 0.29) is 13.4 Å². The summed E-state index contributed by atoms with van der Waals surface area (Å²) < 4.78 is 21.9. The van der Waals surface area contributed by atoms with Gasteiger partial charge in [-0.3, -0.25) is 4.79 Å². The van der Waals surface area contributed by atoms with Crippen molar-refractivity contribution in [1.29, 1.82) is 0 Å². The number of carbonyl (C=O) groups excluding carboxylic acids is 1. The Morgan fingerprint density at radius 2 is 2.13 bits per heavy atom. The summed E-state index contributed by atoms with van der Waals surface area (Å²) in [7, 11) is 1.53. The number of aldehydes is 1. The van der Waals surface area contributed by atoms with Gasteiger partial charge in [0.25, 0.3) is 0 Å². The van der Waals surface area contributed by atoms with E-state index in [0.717, 1.165) is 23.2 Å². The van der Waals surface area contributed by atoms with Crippen molar-refractivity contribution in [2.45, 2.75) is 13.2 Å². The van der Waals surface area contributed by atoms with Crippen LogP contribution < -0.4 is 14.2 Å². The van der Waals surface area contributed by atoms with Crippen molar-refractivity contribution in [1.82, 2.24) is 0 Å². The van der Waals surface area contributed by atoms with Gasteiger partial charge in [0.2, 0.25) is 0 Å². The molecule has 0 radical (unpaired) electrons. The van der Waals surface area contributed by atoms with Crippen LogP contribution in [0.15, 0.2) is 30.3 Å². The lowest BCUT2D eigenvalue weighted by Gasteiger charge is -2.21. The van der Waals surface area contributed by atoms with Crippen LogP contribution in [-0.4, -0.2) is 20.2 Å². The Labute approximate surface area is 138 Å². The lowest BCUT2D eigenvalue weighted by Crippen LogP contribution is -2.14. The lowest BCUT2D eigenvalue weighted by molar-refractivity contribution is -0.0175. The molecule has 5 nitrogen and oxygen atoms in total. The van der Waals surface area contributed by atoms with Crippen molar-refractivity contribution < 1.29 is 23.7 Å². The molecule has 0 atom stereocenters. The molecule has 1 heterocycles. The highest BCUT2D eigenvalue weighted by atomic mass is 35.5. The van der Waals surface area contributed by atoms with Crippen LogP contribution in [0, 0.1) is 0 Å². The molecule has 1 aliphatic heterocycles. The first-order valence-electron chi connectivity index (χ1n) is 6.99. The van der Waals surface area contributed by atoms with Crippen LogP contribution in [0.5, 0.6) is 17.2 Å². The van der Waals surface area contributed by atoms with Gasteiger partial charge in [-0.15, -0.1) is 0 Å². The van der Waals surface area contributed by atoms with Gasteiger partial charge in [-0.1, -0.05) is 11.6 Å². The van der Waals surface area contributed by atoms with Gasteiger partial charge in [0, 0.05) is 21.7 Å². The van der Waals surface area contributed by atoms with Crippen LogP contribution >= 0.6 is 11.6 Å². The monoisotopic (exact) mass is 334 g/mol. The minimum absolute atomic E-state index is 0.207. The smallest absolute Gasteiger partial charge is 0.189 e. The van der Waals surface area contributed by atoms with E-state index >= 15 is 0 Å². The van der Waals surface area contributed by atoms with E-state index in [1.807, 2.05) is 6.07 Å². The van der Waals surface area contributed by atoms with Crippen LogP contribution in [0.3, 0.4) is 0 Å². The molecule has 0 unspecified atom stereocenters. The Balaban J connectivity index is 1.84. The van der Waals surface area contributed by atoms with Crippen molar-refractivity contribution in [3.63, 3.8) is 0 Å². The third kappa shape index (κ3) is 3.41. The number of rotatable bonds is 5. The second-order valence-electron chi connectivity index (χ2n) is 4.98. The van der Waals surface area contributed by atoms with Gasteiger partial charge >= 0.3 is 0 Å². The number of hydrogen-bond donors (Lipinski definition) is 0. The molecule has 2 aromatic rings. The third-order valence-corrected chi connectivity index (χ3v) is 3.68. The molecule has 2 aromatic carbocycles. The summed E-state index contributed by atoms with van der Waals surface area (Å²) in [6.45, 7) is 0.929. The second-order valence-corrected chi connectivity index (χ2v) is 5.42. The van der Waals surface area contributed by atoms with Crippen molar-refractivity contribution in [3.8, 4) is 17.2 Å². The maximum Gasteiger partial charge on any atom is 0.189 e. The number of benzene rings is 2. The molecule has 6 heteroatoms. The first kappa shape index (κ1) is 15.6. The molecule has 1 aliphatic rings. The molecular weight excluding hydrogens is 320 g/mol. The standard InChI is InChI=1S/C17H15ClO5/c1-20-16-4-11(7-19)2-3-15(16)22-9-13-6-14(18)5-12-8-21-10-23-17(12)13/h2-7H,8-10H2,1H3. The van der Waals surface area contributed by atoms with Gasteiger partial charge in [-0.25, -0.2) is 0 Å². The number of methoxy groups -OCH3 is 1. The highest BCUT2D eigenvalue weighted by Gasteiger charge is 2.17. The third-order valence-electron chi connectivity index (χ3n) is 3.46. The first-order chi connectivity index (χ1) is 11.2. The number of halogens is 1. The fourth-order valence-corrected chi connectivity index (χ4v) is 2.66. The molecule has 0 N–H and O–H groups in total. The minimum atomic E-state index is 0.207. The van der Waals surface area contributed by atoms with Gasteiger partial charge in [-0.2, -0.15) is 0 Å². The maximum absolute atomic E-state index is 10.8. The lowest BCUT2D eigenvalue weighted by atomic mass is 10.1. The SMILES string of the molecule is COc1cc(C=O)ccc1OCc1cc(Cl)cc2c1OCOC2. The van der Waals surface area contributed by atoms with E-state index in [1.54, 1.807) is 24.3 Å². The van der Waals surface area contributed by atoms with Gasteiger partial charge in [0.1, 0.15) is 18.6 Å². The van der Waals surface area contributed by atoms with Crippen molar-refractivity contribution in [3.05, 3.63) is 52.0 Å². The van der Waals surface area contributed by atoms with Crippen molar-refractivity contribution in [2.24, 2.45) is 0 Å². The second kappa shape index (κ2) is 6.89. The molecule has 120 valence electrons. The average molecular weight is 335 g/mol. The summed E-state index contributed by atoms with van der Waals surface area (Å²) in [5.74, 6) is 1.78. The first-order valence-corrected chi connectivity index (χ1v) is 7.37. The van der Waals surface area contributed by atoms with E-state index < -0.39 is 0 Å². The summed E-state index contributed by atoms with van der Waals surface area (Å²) >= 11 is 6.13. The van der Waals surface area contributed by atoms with Crippen molar-refractivity contribution in [2.75, 3.05) is 13.9 Å². The van der Waals surface area contributed by atoms with E-state index in [2.05, 4.69) is 0 Å². The van der Waals surface area contributed by atoms with E-state index in [1.165, 1.54) is 7.11 Å². The average Bonchev–Trinajstić information content (AvgIpc) is 2.59. The van der Waals surface area contributed by atoms with E-state index in [9.17, 15) is 4.79 Å². The van der Waals surface area contributed by atoms with Crippen LogP contribution in [0.4, 0.5) is 0 Å². The zero-order chi connectivity index (χ0) is 16.2. The molecule has 0 aromatic heterocycles. The highest BCUT2D eigenvalue weighted by Crippen LogP contribution is 2.34. The number of fused-ring (bicyclic) bond motifs is 1. The predicted octanol–water partition coefficient (Wildman–Crippen LogP) is 3.61. The van der Waals surface area contributed by atoms with Gasteiger partial charge in [0.05, 0.1) is 13.7 Å². The Hall–Kier alpha value is -2.24. The highest BCUT2D eigenvalue weighted by molar-refractivity contribution is 6.30. The largest absolute Gasteiger partial charge is 0.493 e. The number of hydrogen-bond acceptors (Lipinski definition) is 5. The molecule has 0 saturated carbocycles. The molecule has 23 heavy (non-hydrogen) atoms. The van der Waals surface area contributed by atoms with Crippen LogP contribution in [0.1, 0.15) is 21.5 Å². The molecule has 0 amide bonds. The molecule has 0 fully saturated rings. The topological polar surface area (TPSA) is 54.0 Å². The molecule has 3 rings (SSSR count). The van der Waals surface area contributed by atoms with Crippen LogP contribution in [0.2, 0.25) is 5.02 Å². The van der Waals surface area contributed by atoms with Crippen LogP contribution in [0.25, 0.3) is 0 Å². The van der Waals surface area contributed by atoms with Gasteiger partial charge in [-0.05, 0) is 30.3 Å². The summed E-state index contributed by atoms with van der Waals surface area (Å²) in [5, 5.41) is 0.597. The van der Waals surface area contributed by atoms with Gasteiger partial charge in [0.15, 0.2) is 18.3 Å². The Morgan fingerprint density at radius 1 is 1.26 bits per heavy atom. The molecular formula is C17H15ClO5. The Morgan fingerprint density at radius 3 is 2.91 bits per heavy atom. The molecule has 0 aliphatic carbocycles. The molecule has 0 spiro atoms. The number of ether oxygens (including phenoxy) is 4. The maximum atomic E-state index is 10.8. The fraction of sp³-hybridized carbons (Fsp3) is 0.235. The summed E-state index contributed by atoms with van der Waals surface area (Å²) in [6, 6.07) is 8.61. The quantitative estimate of drug-likeness (QED) is 0.782. The Kier molecular flexibility index (Phi) is 4.69. The molecule has 0 bridgehead atoms. The fourth-order valence-electron chi connectivity index (χ4n) is 2.40. The Bertz CT molecular complexity index is 729. The minimum Gasteiger partial charge on any atom is -0.493 e. The van der Waals surface area contributed by atoms with E-state index in [0.29, 0.717) is 28.7 Å². The summed E-state index contributed by atoms with van der Waals surface area (Å²) in [6.07, 6.45) is 0.757. The summed E-state index contributed by atoms with van der Waals surface area (Å²) in [5.41, 5.74) is 2.25. The predicted molar refractivity (Wildman–Crippen MR) is 84.4 cm³/mol. The van der Waals surface area contributed by atoms with Crippen molar-refractivity contribution >= 4 is 17.9 Å². The molecule has 0 saturated heterocycles. The van der Waals surface area contributed by atoms with E-state index in [4.69, 9.17) is 30.5 Å².